The molecule has 0 aromatic heterocycles. The second-order valence-corrected chi connectivity index (χ2v) is 30.7. The van der Waals surface area contributed by atoms with Crippen molar-refractivity contribution in [3.05, 3.63) is 37.2 Å². The highest BCUT2D eigenvalue weighted by atomic mass is 16.2. The fourth-order valence-corrected chi connectivity index (χ4v) is 8.60. The van der Waals surface area contributed by atoms with E-state index in [0.717, 1.165) is 38.5 Å². The Balaban J connectivity index is -0.000000127. The maximum atomic E-state index is 11.3. The number of carbonyl (C=O) groups excluding carboxylic acids is 10. The molecular formula is C80H172N20O10. The average molecular weight is 1570 g/mol. The number of rotatable bonds is 45. The van der Waals surface area contributed by atoms with E-state index in [1.165, 1.54) is 0 Å². The van der Waals surface area contributed by atoms with Crippen LogP contribution in [-0.4, -0.2) is 159 Å². The predicted octanol–water partition coefficient (Wildman–Crippen LogP) is 4.28. The molecule has 0 unspecified atom stereocenters. The largest absolute Gasteiger partial charge is 0.386 e. The summed E-state index contributed by atoms with van der Waals surface area (Å²) in [5.74, 6) is 3.75. The average Bonchev–Trinajstić information content (AvgIpc) is 0.995. The number of hydrogen-bond donors (Lipinski definition) is 19. The molecule has 0 radical (unpaired) electrons. The number of Topliss-reactive ketones (excluding diaryl/α,β-unsaturated/α-hetero) is 10. The monoisotopic (exact) mass is 1570 g/mol. The Morgan fingerprint density at radius 3 is 0.718 bits per heavy atom. The van der Waals surface area contributed by atoms with Gasteiger partial charge in [0.15, 0.2) is 40.7 Å². The van der Waals surface area contributed by atoms with Gasteiger partial charge in [0.25, 0.3) is 0 Å². The molecule has 0 aromatic rings. The number of nitrogens with zero attached hydrogens (tertiary/aromatic N) is 1. The van der Waals surface area contributed by atoms with E-state index in [1.54, 1.807) is 0 Å². The lowest BCUT2D eigenvalue weighted by atomic mass is 9.94. The van der Waals surface area contributed by atoms with Gasteiger partial charge in [0.2, 0.25) is 0 Å². The minimum Gasteiger partial charge on any atom is -0.386 e. The van der Waals surface area contributed by atoms with Crippen molar-refractivity contribution < 1.29 is 47.9 Å². The molecule has 0 heterocycles. The van der Waals surface area contributed by atoms with Gasteiger partial charge < -0.3 is 108 Å². The van der Waals surface area contributed by atoms with Crippen molar-refractivity contribution in [2.75, 3.05) is 58.9 Å². The van der Waals surface area contributed by atoms with Gasteiger partial charge in [-0.25, -0.2) is 0 Å². The van der Waals surface area contributed by atoms with Crippen molar-refractivity contribution >= 4 is 63.8 Å². The van der Waals surface area contributed by atoms with E-state index in [-0.39, 0.29) is 147 Å². The van der Waals surface area contributed by atoms with Gasteiger partial charge in [0, 0.05) is 122 Å². The summed E-state index contributed by atoms with van der Waals surface area (Å²) < 4.78 is 0. The third-order valence-corrected chi connectivity index (χ3v) is 16.0. The number of nitrogens with one attached hydrogen (secondary N) is 3. The summed E-state index contributed by atoms with van der Waals surface area (Å²) in [6, 6.07) is -2.38. The van der Waals surface area contributed by atoms with Gasteiger partial charge in [-0.05, 0) is 64.6 Å². The second-order valence-electron chi connectivity index (χ2n) is 30.7. The number of ketones is 10. The maximum absolute atomic E-state index is 11.3. The number of nitrogens with two attached hydrogens (primary N) is 16. The van der Waals surface area contributed by atoms with Crippen LogP contribution in [0.4, 0.5) is 0 Å². The lowest BCUT2D eigenvalue weighted by molar-refractivity contribution is -0.126. The van der Waals surface area contributed by atoms with E-state index in [4.69, 9.17) is 91.7 Å². The first kappa shape index (κ1) is 124. The molecule has 0 spiro atoms. The Bertz CT molecular complexity index is 2380. The van der Waals surface area contributed by atoms with Crippen LogP contribution in [0.1, 0.15) is 231 Å². The molecule has 10 atom stereocenters. The Morgan fingerprint density at radius 2 is 0.518 bits per heavy atom. The molecule has 35 N–H and O–H groups in total. The van der Waals surface area contributed by atoms with Crippen molar-refractivity contribution in [1.82, 2.24) is 16.0 Å². The van der Waals surface area contributed by atoms with E-state index >= 15 is 0 Å². The van der Waals surface area contributed by atoms with Gasteiger partial charge in [-0.3, -0.25) is 52.9 Å². The Morgan fingerprint density at radius 1 is 0.291 bits per heavy atom. The third kappa shape index (κ3) is 79.6. The van der Waals surface area contributed by atoms with Crippen molar-refractivity contribution in [3.8, 4) is 0 Å². The normalized spacial score (nSPS) is 13.2. The number of guanidine groups is 1. The van der Waals surface area contributed by atoms with E-state index in [9.17, 15) is 47.9 Å². The molecule has 0 aliphatic rings. The molecule has 0 saturated heterocycles. The van der Waals surface area contributed by atoms with E-state index in [2.05, 4.69) is 47.6 Å². The quantitative estimate of drug-likeness (QED) is 0.0299. The molecule has 30 heteroatoms. The highest BCUT2D eigenvalue weighted by molar-refractivity contribution is 5.88. The van der Waals surface area contributed by atoms with Crippen molar-refractivity contribution in [2.24, 2.45) is 180 Å². The molecular weight excluding hydrogens is 1400 g/mol. The van der Waals surface area contributed by atoms with Gasteiger partial charge in [0.05, 0.1) is 53.7 Å². The van der Waals surface area contributed by atoms with Crippen LogP contribution in [0.15, 0.2) is 42.2 Å². The molecule has 0 saturated carbocycles. The molecule has 110 heavy (non-hydrogen) atoms. The first-order valence-corrected chi connectivity index (χ1v) is 39.4. The molecule has 0 aromatic carbocycles. The fraction of sp³-hybridized carbons (Fsp3) is 0.787. The topological polar surface area (TPSA) is 635 Å². The highest BCUT2D eigenvalue weighted by Crippen LogP contribution is 2.12. The lowest BCUT2D eigenvalue weighted by Gasteiger charge is -2.13. The zero-order valence-corrected chi connectivity index (χ0v) is 73.7. The molecule has 0 aliphatic carbocycles. The summed E-state index contributed by atoms with van der Waals surface area (Å²) >= 11 is 0. The molecule has 0 aliphatic heterocycles. The summed E-state index contributed by atoms with van der Waals surface area (Å²) in [6.07, 6.45) is 7.27. The van der Waals surface area contributed by atoms with E-state index in [0.29, 0.717) is 107 Å². The van der Waals surface area contributed by atoms with Crippen molar-refractivity contribution in [3.63, 3.8) is 0 Å². The summed E-state index contributed by atoms with van der Waals surface area (Å²) in [6.45, 7) is 61.9. The van der Waals surface area contributed by atoms with E-state index in [1.807, 2.05) is 166 Å². The zero-order chi connectivity index (χ0) is 89.2. The van der Waals surface area contributed by atoms with Crippen LogP contribution in [0.3, 0.4) is 0 Å². The summed E-state index contributed by atoms with van der Waals surface area (Å²) in [5, 5.41) is 8.26. The summed E-state index contributed by atoms with van der Waals surface area (Å²) in [7, 11) is 0. The number of hydrogen-bond acceptors (Lipinski definition) is 28. The first-order valence-electron chi connectivity index (χ1n) is 39.4. The maximum Gasteiger partial charge on any atom is 0.185 e. The number of carbonyl (C=O) groups is 10. The summed E-state index contributed by atoms with van der Waals surface area (Å²) in [4.78, 5) is 116. The zero-order valence-electron chi connectivity index (χ0n) is 73.7. The predicted molar refractivity (Wildman–Crippen MR) is 460 cm³/mol. The van der Waals surface area contributed by atoms with Crippen molar-refractivity contribution in [2.45, 2.75) is 267 Å². The lowest BCUT2D eigenvalue weighted by Crippen LogP contribution is -2.42. The Kier molecular flexibility index (Phi) is 86.6. The van der Waals surface area contributed by atoms with Crippen LogP contribution in [-0.2, 0) is 47.9 Å². The van der Waals surface area contributed by atoms with Crippen LogP contribution < -0.4 is 108 Å². The molecule has 0 fully saturated rings. The molecule has 0 rings (SSSR count). The molecule has 0 bridgehead atoms. The standard InChI is InChI=1S/C9H19N3O.C9H19NO.C8H18N4O.2C8H17N3O.C8H18N2O.2C8H17NO.2C7H15NO/c1-6(2)9(13)8(11)4-5-12-7(3)10;1-4-5-6-8(10)9(11)7(2)3;1-5(2)7(13)6(9)3-4-12-8(10)11;2*1-5(2)8(12)7(10)4-11-6(3)9;1-6(2)8(11)7(10)4-3-5-9;2*1-6(2)8(10)7(3)4-5-9;2*1-5(2)7(9)6(3)4-8/h6,8,12H,3-5,10-11H2,1-2H3;7-8H,4-6,10H2,1-3H3;5-6H,3-4,9H2,1-2H3,(H4,10,11,12);2*5,7,11H,3-4,9-10H2,1-2H3;6-7H,3-5,9-10H2,1-2H3;2*6-7H,4-5,9H2,1-3H3;2*5-6H,4,8H2,1-3H3/t2*8-;6-;5*7-;2*6-/m1101001010/s1. The second kappa shape index (κ2) is 76.5. The number of unbranched alkanes of at least 4 members (excludes halogenated alkanes) is 1. The molecule has 652 valence electrons. The Hall–Kier alpha value is -6.45. The van der Waals surface area contributed by atoms with Crippen LogP contribution >= 0.6 is 0 Å². The first-order chi connectivity index (χ1) is 50.3. The molecule has 0 amide bonds. The SMILES string of the molecule is C=C(N)NCC[C@@H](N)C(=O)C(C)C.C=C(N)NC[C@@H](N)C(=O)C(C)C.C=C(N)NC[C@H](N)C(=O)C(C)C.CC(C)C(=O)[C@@H](C)CCN.CC(C)C(=O)[C@@H](C)CN.CC(C)C(=O)[C@@H](N)CCCN.CC(C)C(=O)[C@@H](N)CCN=C(N)N.CC(C)C(=O)[C@H](C)CCN.CC(C)C(=O)[C@H](C)CN.CCCC[C@@H](N)C(=O)C(C)C. The van der Waals surface area contributed by atoms with Gasteiger partial charge in [-0.15, -0.1) is 0 Å². The van der Waals surface area contributed by atoms with Crippen molar-refractivity contribution in [1.29, 1.82) is 0 Å². The van der Waals surface area contributed by atoms with Crippen LogP contribution in [0, 0.1) is 82.9 Å². The summed E-state index contributed by atoms with van der Waals surface area (Å²) in [5.41, 5.74) is 86.1. The van der Waals surface area contributed by atoms with E-state index < -0.39 is 24.2 Å². The Labute approximate surface area is 667 Å². The van der Waals surface area contributed by atoms with Gasteiger partial charge in [-0.2, -0.15) is 0 Å². The minimum absolute atomic E-state index is 0.00363. The smallest absolute Gasteiger partial charge is 0.185 e. The molecule has 30 nitrogen and oxygen atoms in total. The van der Waals surface area contributed by atoms with Crippen LogP contribution in [0.2, 0.25) is 0 Å². The number of aliphatic imine (C=N–C) groups is 1. The van der Waals surface area contributed by atoms with Gasteiger partial charge in [-0.1, -0.05) is 206 Å². The van der Waals surface area contributed by atoms with Crippen LogP contribution in [0.5, 0.6) is 0 Å². The van der Waals surface area contributed by atoms with Gasteiger partial charge in [0.1, 0.15) is 23.1 Å². The highest BCUT2D eigenvalue weighted by Gasteiger charge is 2.22. The third-order valence-electron chi connectivity index (χ3n) is 16.0. The van der Waals surface area contributed by atoms with Crippen LogP contribution in [0.25, 0.3) is 0 Å². The van der Waals surface area contributed by atoms with Gasteiger partial charge >= 0.3 is 0 Å². The minimum atomic E-state index is -0.495. The fourth-order valence-electron chi connectivity index (χ4n) is 8.60.